The third-order valence-electron chi connectivity index (χ3n) is 3.69. The zero-order chi connectivity index (χ0) is 17.5. The lowest BCUT2D eigenvalue weighted by Crippen LogP contribution is -2.36. The Bertz CT molecular complexity index is 682. The van der Waals surface area contributed by atoms with Crippen molar-refractivity contribution >= 4 is 17.6 Å². The number of hydrogen-bond acceptors (Lipinski definition) is 5. The molecular formula is C19H21NO4. The van der Waals surface area contributed by atoms with Crippen LogP contribution in [-0.2, 0) is 9.47 Å². The smallest absolute Gasteiger partial charge is 0.340 e. The number of rotatable bonds is 6. The van der Waals surface area contributed by atoms with Gasteiger partial charge < -0.3 is 14.4 Å². The maximum atomic E-state index is 12.3. The van der Waals surface area contributed by atoms with E-state index in [2.05, 4.69) is 4.74 Å². The first-order valence-electron chi connectivity index (χ1n) is 7.77. The van der Waals surface area contributed by atoms with Crippen LogP contribution in [0, 0.1) is 0 Å². The fourth-order valence-corrected chi connectivity index (χ4v) is 2.42. The highest BCUT2D eigenvalue weighted by atomic mass is 16.6. The molecule has 0 heterocycles. The number of methoxy groups -OCH3 is 1. The fourth-order valence-electron chi connectivity index (χ4n) is 2.42. The molecule has 0 bridgehead atoms. The molecule has 0 N–H and O–H groups in total. The number of nitrogens with zero attached hydrogens (tertiary/aromatic N) is 1. The van der Waals surface area contributed by atoms with Gasteiger partial charge in [-0.1, -0.05) is 18.2 Å². The number of hydrogen-bond donors (Lipinski definition) is 0. The minimum atomic E-state index is -0.440. The largest absolute Gasteiger partial charge is 0.465 e. The van der Waals surface area contributed by atoms with Gasteiger partial charge in [0, 0.05) is 12.2 Å². The molecule has 2 aromatic rings. The van der Waals surface area contributed by atoms with Crippen molar-refractivity contribution in [3.05, 3.63) is 65.7 Å². The first-order valence-corrected chi connectivity index (χ1v) is 7.77. The molecule has 0 aliphatic heterocycles. The van der Waals surface area contributed by atoms with Gasteiger partial charge in [0.2, 0.25) is 0 Å². The van der Waals surface area contributed by atoms with Crippen LogP contribution in [0.15, 0.2) is 54.6 Å². The topological polar surface area (TPSA) is 55.8 Å². The molecule has 0 aliphatic rings. The van der Waals surface area contributed by atoms with Crippen LogP contribution in [0.3, 0.4) is 0 Å². The van der Waals surface area contributed by atoms with Crippen LogP contribution in [0.2, 0.25) is 0 Å². The van der Waals surface area contributed by atoms with E-state index in [1.165, 1.54) is 7.11 Å². The SMILES string of the molecule is CCN(c1ccccc1)C(C)OC(=O)c1ccc(C(=O)OC)cc1. The molecule has 5 heteroatoms. The Morgan fingerprint density at radius 3 is 2.00 bits per heavy atom. The third kappa shape index (κ3) is 4.13. The van der Waals surface area contributed by atoms with Crippen LogP contribution < -0.4 is 4.90 Å². The minimum Gasteiger partial charge on any atom is -0.465 e. The zero-order valence-corrected chi connectivity index (χ0v) is 14.1. The summed E-state index contributed by atoms with van der Waals surface area (Å²) in [6.45, 7) is 4.54. The van der Waals surface area contributed by atoms with E-state index in [9.17, 15) is 9.59 Å². The van der Waals surface area contributed by atoms with Gasteiger partial charge in [-0.2, -0.15) is 0 Å². The molecule has 24 heavy (non-hydrogen) atoms. The summed E-state index contributed by atoms with van der Waals surface area (Å²) in [5, 5.41) is 0. The Morgan fingerprint density at radius 1 is 0.958 bits per heavy atom. The number of ether oxygens (including phenoxy) is 2. The van der Waals surface area contributed by atoms with E-state index < -0.39 is 18.2 Å². The predicted octanol–water partition coefficient (Wildman–Crippen LogP) is 3.50. The van der Waals surface area contributed by atoms with Crippen molar-refractivity contribution in [3.8, 4) is 0 Å². The Kier molecular flexibility index (Phi) is 5.95. The van der Waals surface area contributed by atoms with E-state index >= 15 is 0 Å². The van der Waals surface area contributed by atoms with Crippen LogP contribution in [0.5, 0.6) is 0 Å². The van der Waals surface area contributed by atoms with Gasteiger partial charge in [-0.3, -0.25) is 0 Å². The molecule has 0 aliphatic carbocycles. The Balaban J connectivity index is 2.06. The van der Waals surface area contributed by atoms with Gasteiger partial charge in [0.05, 0.1) is 18.2 Å². The van der Waals surface area contributed by atoms with E-state index in [4.69, 9.17) is 4.74 Å². The predicted molar refractivity (Wildman–Crippen MR) is 92.1 cm³/mol. The summed E-state index contributed by atoms with van der Waals surface area (Å²) in [5.41, 5.74) is 1.77. The number of benzene rings is 2. The average molecular weight is 327 g/mol. The van der Waals surface area contributed by atoms with Crippen molar-refractivity contribution in [1.82, 2.24) is 0 Å². The number of carbonyl (C=O) groups is 2. The number of anilines is 1. The van der Waals surface area contributed by atoms with Crippen molar-refractivity contribution in [2.75, 3.05) is 18.6 Å². The highest BCUT2D eigenvalue weighted by Gasteiger charge is 2.18. The molecule has 126 valence electrons. The lowest BCUT2D eigenvalue weighted by Gasteiger charge is -2.29. The highest BCUT2D eigenvalue weighted by molar-refractivity contribution is 5.93. The second-order valence-corrected chi connectivity index (χ2v) is 5.20. The summed E-state index contributed by atoms with van der Waals surface area (Å²) in [4.78, 5) is 25.7. The lowest BCUT2D eigenvalue weighted by molar-refractivity contribution is 0.0335. The monoisotopic (exact) mass is 327 g/mol. The zero-order valence-electron chi connectivity index (χ0n) is 14.1. The standard InChI is InChI=1S/C19H21NO4/c1-4-20(17-8-6-5-7-9-17)14(2)24-19(22)16-12-10-15(11-13-16)18(21)23-3/h5-14H,4H2,1-3H3. The number of carbonyl (C=O) groups excluding carboxylic acids is 2. The Labute approximate surface area is 141 Å². The van der Waals surface area contributed by atoms with E-state index in [1.54, 1.807) is 24.3 Å². The lowest BCUT2D eigenvalue weighted by atomic mass is 10.1. The van der Waals surface area contributed by atoms with E-state index in [0.29, 0.717) is 17.7 Å². The summed E-state index contributed by atoms with van der Waals surface area (Å²) in [6.07, 6.45) is -0.412. The molecule has 0 amide bonds. The van der Waals surface area contributed by atoms with Crippen LogP contribution in [0.1, 0.15) is 34.6 Å². The average Bonchev–Trinajstić information content (AvgIpc) is 2.62. The first kappa shape index (κ1) is 17.5. The van der Waals surface area contributed by atoms with E-state index in [-0.39, 0.29) is 0 Å². The molecule has 0 spiro atoms. The second-order valence-electron chi connectivity index (χ2n) is 5.20. The molecule has 2 rings (SSSR count). The summed E-state index contributed by atoms with van der Waals surface area (Å²) >= 11 is 0. The van der Waals surface area contributed by atoms with Gasteiger partial charge in [-0.25, -0.2) is 9.59 Å². The molecule has 2 aromatic carbocycles. The maximum absolute atomic E-state index is 12.3. The number of para-hydroxylation sites is 1. The maximum Gasteiger partial charge on any atom is 0.340 e. The van der Waals surface area contributed by atoms with E-state index in [0.717, 1.165) is 5.69 Å². The van der Waals surface area contributed by atoms with Crippen molar-refractivity contribution < 1.29 is 19.1 Å². The van der Waals surface area contributed by atoms with Crippen molar-refractivity contribution in [1.29, 1.82) is 0 Å². The first-order chi connectivity index (χ1) is 11.6. The summed E-state index contributed by atoms with van der Waals surface area (Å²) in [5.74, 6) is -0.877. The number of esters is 2. The van der Waals surface area contributed by atoms with Gasteiger partial charge >= 0.3 is 11.9 Å². The molecular weight excluding hydrogens is 306 g/mol. The van der Waals surface area contributed by atoms with Gasteiger partial charge in [-0.05, 0) is 50.2 Å². The molecule has 0 radical (unpaired) electrons. The molecule has 0 saturated carbocycles. The molecule has 0 aromatic heterocycles. The molecule has 5 nitrogen and oxygen atoms in total. The molecule has 0 saturated heterocycles. The Hall–Kier alpha value is -2.82. The van der Waals surface area contributed by atoms with Crippen LogP contribution >= 0.6 is 0 Å². The Morgan fingerprint density at radius 2 is 1.50 bits per heavy atom. The van der Waals surface area contributed by atoms with Gasteiger partial charge in [-0.15, -0.1) is 0 Å². The molecule has 0 fully saturated rings. The van der Waals surface area contributed by atoms with Crippen molar-refractivity contribution in [2.24, 2.45) is 0 Å². The molecule has 1 atom stereocenters. The van der Waals surface area contributed by atoms with Crippen molar-refractivity contribution in [3.63, 3.8) is 0 Å². The van der Waals surface area contributed by atoms with Gasteiger partial charge in [0.1, 0.15) is 0 Å². The van der Waals surface area contributed by atoms with Crippen molar-refractivity contribution in [2.45, 2.75) is 20.1 Å². The minimum absolute atomic E-state index is 0.388. The summed E-state index contributed by atoms with van der Waals surface area (Å²) in [6, 6.07) is 16.0. The highest BCUT2D eigenvalue weighted by Crippen LogP contribution is 2.18. The quantitative estimate of drug-likeness (QED) is 0.600. The second kappa shape index (κ2) is 8.15. The summed E-state index contributed by atoms with van der Waals surface area (Å²) < 4.78 is 10.2. The third-order valence-corrected chi connectivity index (χ3v) is 3.69. The van der Waals surface area contributed by atoms with Gasteiger partial charge in [0.15, 0.2) is 6.23 Å². The molecule has 1 unspecified atom stereocenters. The van der Waals surface area contributed by atoms with Crippen LogP contribution in [0.25, 0.3) is 0 Å². The fraction of sp³-hybridized carbons (Fsp3) is 0.263. The summed E-state index contributed by atoms with van der Waals surface area (Å²) in [7, 11) is 1.31. The van der Waals surface area contributed by atoms with Crippen LogP contribution in [-0.4, -0.2) is 31.8 Å². The van der Waals surface area contributed by atoms with Crippen LogP contribution in [0.4, 0.5) is 5.69 Å². The normalized spacial score (nSPS) is 11.5. The van der Waals surface area contributed by atoms with E-state index in [1.807, 2.05) is 49.1 Å². The van der Waals surface area contributed by atoms with Gasteiger partial charge in [0.25, 0.3) is 0 Å².